The zero-order valence-electron chi connectivity index (χ0n) is 8.75. The molecule has 0 spiro atoms. The molecule has 0 aliphatic heterocycles. The van der Waals surface area contributed by atoms with Crippen molar-refractivity contribution in [2.75, 3.05) is 14.2 Å². The summed E-state index contributed by atoms with van der Waals surface area (Å²) in [5, 5.41) is 0.492. The van der Waals surface area contributed by atoms with Crippen molar-refractivity contribution in [3.05, 3.63) is 30.1 Å². The second-order valence-electron chi connectivity index (χ2n) is 3.14. The molecule has 0 N–H and O–H groups in total. The number of halogens is 2. The van der Waals surface area contributed by atoms with Gasteiger partial charge in [0.1, 0.15) is 5.75 Å². The fourth-order valence-electron chi connectivity index (χ4n) is 1.52. The minimum atomic E-state index is -0.972. The first-order valence-corrected chi connectivity index (χ1v) is 4.54. The molecule has 1 aromatic carbocycles. The Balaban J connectivity index is 2.84. The first-order chi connectivity index (χ1) is 7.67. The number of aromatic nitrogens is 1. The quantitative estimate of drug-likeness (QED) is 0.736. The summed E-state index contributed by atoms with van der Waals surface area (Å²) in [7, 11) is 2.78. The number of hydrogen-bond acceptors (Lipinski definition) is 3. The van der Waals surface area contributed by atoms with E-state index in [2.05, 4.69) is 4.98 Å². The fourth-order valence-corrected chi connectivity index (χ4v) is 1.52. The Morgan fingerprint density at radius 3 is 2.38 bits per heavy atom. The van der Waals surface area contributed by atoms with E-state index in [1.165, 1.54) is 26.4 Å². The van der Waals surface area contributed by atoms with Crippen LogP contribution in [0, 0.1) is 11.9 Å². The second kappa shape index (κ2) is 3.92. The van der Waals surface area contributed by atoms with Crippen LogP contribution in [0.3, 0.4) is 0 Å². The lowest BCUT2D eigenvalue weighted by atomic mass is 10.1. The standard InChI is InChI=1S/C11H9F2NO2/c1-15-6-3-4-7-8(5-6)9(16-2)11(13)14-10(7)12/h3-5H,1-2H3. The number of methoxy groups -OCH3 is 2. The zero-order chi connectivity index (χ0) is 11.7. The van der Waals surface area contributed by atoms with Gasteiger partial charge in [0.25, 0.3) is 5.95 Å². The molecule has 1 heterocycles. The van der Waals surface area contributed by atoms with Gasteiger partial charge in [0, 0.05) is 10.8 Å². The van der Waals surface area contributed by atoms with Gasteiger partial charge in [0.15, 0.2) is 5.75 Å². The van der Waals surface area contributed by atoms with Gasteiger partial charge in [-0.05, 0) is 18.2 Å². The van der Waals surface area contributed by atoms with Crippen molar-refractivity contribution in [1.82, 2.24) is 4.98 Å². The topological polar surface area (TPSA) is 31.4 Å². The van der Waals surface area contributed by atoms with Crippen LogP contribution in [-0.2, 0) is 0 Å². The molecule has 2 rings (SSSR count). The number of rotatable bonds is 2. The summed E-state index contributed by atoms with van der Waals surface area (Å²) in [6.45, 7) is 0. The Morgan fingerprint density at radius 2 is 1.75 bits per heavy atom. The van der Waals surface area contributed by atoms with Gasteiger partial charge in [0.05, 0.1) is 14.2 Å². The average Bonchev–Trinajstić information content (AvgIpc) is 2.28. The summed E-state index contributed by atoms with van der Waals surface area (Å²) >= 11 is 0. The van der Waals surface area contributed by atoms with Crippen molar-refractivity contribution in [3.8, 4) is 11.5 Å². The van der Waals surface area contributed by atoms with Gasteiger partial charge in [-0.3, -0.25) is 0 Å². The molecule has 0 aliphatic carbocycles. The first-order valence-electron chi connectivity index (χ1n) is 4.54. The van der Waals surface area contributed by atoms with Gasteiger partial charge in [-0.15, -0.1) is 0 Å². The van der Waals surface area contributed by atoms with Gasteiger partial charge in [-0.2, -0.15) is 13.8 Å². The molecule has 0 saturated carbocycles. The maximum atomic E-state index is 13.4. The number of nitrogens with zero attached hydrogens (tertiary/aromatic N) is 1. The third-order valence-electron chi connectivity index (χ3n) is 2.28. The average molecular weight is 225 g/mol. The highest BCUT2D eigenvalue weighted by atomic mass is 19.1. The molecule has 5 heteroatoms. The summed E-state index contributed by atoms with van der Waals surface area (Å²) in [4.78, 5) is 3.13. The third kappa shape index (κ3) is 1.54. The molecular formula is C11H9F2NO2. The Kier molecular flexibility index (Phi) is 2.60. The predicted molar refractivity (Wildman–Crippen MR) is 54.8 cm³/mol. The van der Waals surface area contributed by atoms with Gasteiger partial charge in [0.2, 0.25) is 5.95 Å². The Morgan fingerprint density at radius 1 is 1.00 bits per heavy atom. The molecule has 0 bridgehead atoms. The van der Waals surface area contributed by atoms with Crippen molar-refractivity contribution >= 4 is 10.8 Å². The minimum Gasteiger partial charge on any atom is -0.497 e. The van der Waals surface area contributed by atoms with E-state index in [0.717, 1.165) is 0 Å². The Labute approximate surface area is 90.6 Å². The number of benzene rings is 1. The molecular weight excluding hydrogens is 216 g/mol. The van der Waals surface area contributed by atoms with Crippen LogP contribution in [0.2, 0.25) is 0 Å². The van der Waals surface area contributed by atoms with Crippen LogP contribution < -0.4 is 9.47 Å². The number of hydrogen-bond donors (Lipinski definition) is 0. The van der Waals surface area contributed by atoms with Crippen LogP contribution in [0.25, 0.3) is 10.8 Å². The summed E-state index contributed by atoms with van der Waals surface area (Å²) < 4.78 is 36.5. The van der Waals surface area contributed by atoms with Crippen molar-refractivity contribution in [3.63, 3.8) is 0 Å². The van der Waals surface area contributed by atoms with Gasteiger partial charge in [-0.1, -0.05) is 0 Å². The summed E-state index contributed by atoms with van der Waals surface area (Å²) in [6, 6.07) is 4.55. The number of pyridine rings is 1. The van der Waals surface area contributed by atoms with Crippen LogP contribution in [0.15, 0.2) is 18.2 Å². The summed E-state index contributed by atoms with van der Waals surface area (Å²) in [5.74, 6) is -1.43. The maximum Gasteiger partial charge on any atom is 0.258 e. The summed E-state index contributed by atoms with van der Waals surface area (Å²) in [6.07, 6.45) is 0. The summed E-state index contributed by atoms with van der Waals surface area (Å²) in [5.41, 5.74) is 0. The highest BCUT2D eigenvalue weighted by Crippen LogP contribution is 2.31. The minimum absolute atomic E-state index is 0.0877. The molecule has 1 aromatic heterocycles. The van der Waals surface area contributed by atoms with Crippen LogP contribution in [0.4, 0.5) is 8.78 Å². The zero-order valence-corrected chi connectivity index (χ0v) is 8.75. The lowest BCUT2D eigenvalue weighted by molar-refractivity contribution is 0.376. The van der Waals surface area contributed by atoms with Crippen LogP contribution in [-0.4, -0.2) is 19.2 Å². The maximum absolute atomic E-state index is 13.4. The van der Waals surface area contributed by atoms with E-state index < -0.39 is 11.9 Å². The first kappa shape index (κ1) is 10.6. The van der Waals surface area contributed by atoms with Crippen LogP contribution in [0.5, 0.6) is 11.5 Å². The SMILES string of the molecule is COc1ccc2c(F)nc(F)c(OC)c2c1. The highest BCUT2D eigenvalue weighted by molar-refractivity contribution is 5.89. The Hall–Kier alpha value is -1.91. The molecule has 2 aromatic rings. The molecule has 0 atom stereocenters. The van der Waals surface area contributed by atoms with Gasteiger partial charge < -0.3 is 9.47 Å². The van der Waals surface area contributed by atoms with Gasteiger partial charge >= 0.3 is 0 Å². The lowest BCUT2D eigenvalue weighted by Gasteiger charge is -2.08. The number of ether oxygens (including phenoxy) is 2. The number of fused-ring (bicyclic) bond motifs is 1. The van der Waals surface area contributed by atoms with E-state index >= 15 is 0 Å². The molecule has 0 unspecified atom stereocenters. The Bertz CT molecular complexity index is 543. The molecule has 0 radical (unpaired) electrons. The van der Waals surface area contributed by atoms with Crippen molar-refractivity contribution in [2.24, 2.45) is 0 Å². The van der Waals surface area contributed by atoms with Crippen molar-refractivity contribution in [1.29, 1.82) is 0 Å². The lowest BCUT2D eigenvalue weighted by Crippen LogP contribution is -1.97. The van der Waals surface area contributed by atoms with Crippen molar-refractivity contribution < 1.29 is 18.3 Å². The van der Waals surface area contributed by atoms with E-state index in [0.29, 0.717) is 11.1 Å². The fraction of sp³-hybridized carbons (Fsp3) is 0.182. The van der Waals surface area contributed by atoms with E-state index in [-0.39, 0.29) is 11.1 Å². The highest BCUT2D eigenvalue weighted by Gasteiger charge is 2.14. The molecule has 3 nitrogen and oxygen atoms in total. The van der Waals surface area contributed by atoms with E-state index in [1.807, 2.05) is 0 Å². The predicted octanol–water partition coefficient (Wildman–Crippen LogP) is 2.53. The molecule has 0 saturated heterocycles. The molecule has 84 valence electrons. The third-order valence-corrected chi connectivity index (χ3v) is 2.28. The molecule has 0 aliphatic rings. The van der Waals surface area contributed by atoms with E-state index in [9.17, 15) is 8.78 Å². The normalized spacial score (nSPS) is 10.5. The monoisotopic (exact) mass is 225 g/mol. The largest absolute Gasteiger partial charge is 0.497 e. The molecule has 0 amide bonds. The van der Waals surface area contributed by atoms with Crippen molar-refractivity contribution in [2.45, 2.75) is 0 Å². The second-order valence-corrected chi connectivity index (χ2v) is 3.14. The molecule has 0 fully saturated rings. The van der Waals surface area contributed by atoms with E-state index in [4.69, 9.17) is 9.47 Å². The molecule has 16 heavy (non-hydrogen) atoms. The van der Waals surface area contributed by atoms with E-state index in [1.54, 1.807) is 6.07 Å². The van der Waals surface area contributed by atoms with Gasteiger partial charge in [-0.25, -0.2) is 0 Å². The van der Waals surface area contributed by atoms with Crippen LogP contribution in [0.1, 0.15) is 0 Å². The van der Waals surface area contributed by atoms with Crippen LogP contribution >= 0.6 is 0 Å². The smallest absolute Gasteiger partial charge is 0.258 e.